The normalized spacial score (nSPS) is 11.8. The Hall–Kier alpha value is -8.60. The van der Waals surface area contributed by atoms with E-state index in [4.69, 9.17) is 4.42 Å². The van der Waals surface area contributed by atoms with Gasteiger partial charge in [-0.15, -0.1) is 0 Å². The van der Waals surface area contributed by atoms with Crippen molar-refractivity contribution in [3.63, 3.8) is 0 Å². The molecule has 0 N–H and O–H groups in total. The van der Waals surface area contributed by atoms with E-state index in [1.54, 1.807) is 0 Å². The number of rotatable bonds is 7. The van der Waals surface area contributed by atoms with Gasteiger partial charge in [-0.1, -0.05) is 133 Å². The van der Waals surface area contributed by atoms with Gasteiger partial charge in [-0.25, -0.2) is 0 Å². The lowest BCUT2D eigenvalue weighted by atomic mass is 10.0. The van der Waals surface area contributed by atoms with Crippen molar-refractivity contribution in [1.29, 1.82) is 0 Å². The third-order valence-corrected chi connectivity index (χ3v) is 12.9. The first-order chi connectivity index (χ1) is 31.7. The zero-order valence-corrected chi connectivity index (χ0v) is 34.8. The van der Waals surface area contributed by atoms with Gasteiger partial charge in [0.2, 0.25) is 0 Å². The summed E-state index contributed by atoms with van der Waals surface area (Å²) in [4.78, 5) is 2.30. The highest BCUT2D eigenvalue weighted by Crippen LogP contribution is 2.41. The van der Waals surface area contributed by atoms with Gasteiger partial charge in [-0.2, -0.15) is 0 Å². The number of nitrogens with zero attached hydrogens (tertiary/aromatic N) is 3. The van der Waals surface area contributed by atoms with Crippen molar-refractivity contribution >= 4 is 82.6 Å². The van der Waals surface area contributed by atoms with Crippen molar-refractivity contribution in [2.75, 3.05) is 4.90 Å². The third kappa shape index (κ3) is 5.70. The standard InChI is InChI=1S/C60H39N3O/c1-3-14-43(15-4-1)61(44-16-5-2-6-17-44)45-32-34-47(35-33-45)63-56-24-11-8-19-50(56)54-39-42(29-37-58(54)63)41-28-36-57-53(38-41)49-18-7-10-23-55(49)62(57)46-30-26-40(27-31-46)48-21-13-22-52-51-20-9-12-25-59(51)64-60(48)52/h1-39H. The molecule has 0 radical (unpaired) electrons. The first kappa shape index (κ1) is 36.1. The maximum Gasteiger partial charge on any atom is 0.143 e. The van der Waals surface area contributed by atoms with E-state index in [-0.39, 0.29) is 0 Å². The summed E-state index contributed by atoms with van der Waals surface area (Å²) in [6.07, 6.45) is 0. The Kier molecular flexibility index (Phi) is 8.18. The molecule has 0 amide bonds. The number of para-hydroxylation sites is 6. The summed E-state index contributed by atoms with van der Waals surface area (Å²) in [6, 6.07) is 85.1. The first-order valence-electron chi connectivity index (χ1n) is 21.8. The average Bonchev–Trinajstić information content (AvgIpc) is 4.03. The van der Waals surface area contributed by atoms with Crippen molar-refractivity contribution < 1.29 is 4.42 Å². The number of benzene rings is 10. The molecular weight excluding hydrogens is 779 g/mol. The van der Waals surface area contributed by atoms with E-state index in [0.717, 1.165) is 61.5 Å². The van der Waals surface area contributed by atoms with E-state index in [2.05, 4.69) is 238 Å². The maximum absolute atomic E-state index is 6.40. The van der Waals surface area contributed by atoms with Crippen LogP contribution < -0.4 is 4.90 Å². The van der Waals surface area contributed by atoms with Gasteiger partial charge in [0.25, 0.3) is 0 Å². The summed E-state index contributed by atoms with van der Waals surface area (Å²) in [5.41, 5.74) is 16.8. The number of hydrogen-bond acceptors (Lipinski definition) is 2. The molecule has 4 heteroatoms. The zero-order valence-electron chi connectivity index (χ0n) is 34.8. The van der Waals surface area contributed by atoms with Crippen LogP contribution in [0.2, 0.25) is 0 Å². The van der Waals surface area contributed by atoms with Gasteiger partial charge in [0.1, 0.15) is 11.2 Å². The molecule has 13 aromatic rings. The van der Waals surface area contributed by atoms with E-state index in [9.17, 15) is 0 Å². The Morgan fingerprint density at radius 1 is 0.297 bits per heavy atom. The van der Waals surface area contributed by atoms with Crippen molar-refractivity contribution in [3.05, 3.63) is 237 Å². The molecule has 0 aliphatic heterocycles. The molecule has 0 spiro atoms. The second kappa shape index (κ2) is 14.5. The molecule has 0 fully saturated rings. The van der Waals surface area contributed by atoms with Crippen LogP contribution in [-0.2, 0) is 0 Å². The van der Waals surface area contributed by atoms with Crippen LogP contribution >= 0.6 is 0 Å². The minimum atomic E-state index is 0.912. The Morgan fingerprint density at radius 2 is 0.734 bits per heavy atom. The summed E-state index contributed by atoms with van der Waals surface area (Å²) in [6.45, 7) is 0. The van der Waals surface area contributed by atoms with Gasteiger partial charge in [0.05, 0.1) is 22.1 Å². The number of fused-ring (bicyclic) bond motifs is 9. The second-order valence-electron chi connectivity index (χ2n) is 16.5. The monoisotopic (exact) mass is 817 g/mol. The van der Waals surface area contributed by atoms with Gasteiger partial charge < -0.3 is 18.5 Å². The zero-order chi connectivity index (χ0) is 42.1. The largest absolute Gasteiger partial charge is 0.455 e. The molecule has 64 heavy (non-hydrogen) atoms. The number of hydrogen-bond donors (Lipinski definition) is 0. The molecule has 3 aromatic heterocycles. The molecule has 300 valence electrons. The van der Waals surface area contributed by atoms with Gasteiger partial charge in [0.15, 0.2) is 0 Å². The highest BCUT2D eigenvalue weighted by molar-refractivity contribution is 6.13. The number of anilines is 3. The fourth-order valence-corrected chi connectivity index (χ4v) is 9.98. The fourth-order valence-electron chi connectivity index (χ4n) is 9.98. The van der Waals surface area contributed by atoms with Crippen LogP contribution in [0.5, 0.6) is 0 Å². The Bertz CT molecular complexity index is 3840. The third-order valence-electron chi connectivity index (χ3n) is 12.9. The van der Waals surface area contributed by atoms with Crippen LogP contribution in [0, 0.1) is 0 Å². The summed E-state index contributed by atoms with van der Waals surface area (Å²) in [5.74, 6) is 0. The summed E-state index contributed by atoms with van der Waals surface area (Å²) in [7, 11) is 0. The van der Waals surface area contributed by atoms with Crippen LogP contribution in [0.4, 0.5) is 17.1 Å². The molecule has 3 heterocycles. The summed E-state index contributed by atoms with van der Waals surface area (Å²) in [5, 5.41) is 7.20. The molecule has 13 rings (SSSR count). The lowest BCUT2D eigenvalue weighted by molar-refractivity contribution is 0.670. The Morgan fingerprint density at radius 3 is 1.31 bits per heavy atom. The predicted octanol–water partition coefficient (Wildman–Crippen LogP) is 16.6. The molecule has 0 unspecified atom stereocenters. The van der Waals surface area contributed by atoms with E-state index in [1.165, 1.54) is 54.7 Å². The lowest BCUT2D eigenvalue weighted by Crippen LogP contribution is -2.09. The average molecular weight is 818 g/mol. The number of furan rings is 1. The van der Waals surface area contributed by atoms with Crippen molar-refractivity contribution in [2.45, 2.75) is 0 Å². The SMILES string of the molecule is c1ccc(N(c2ccccc2)c2ccc(-n3c4ccccc4c4cc(-c5ccc6c(c5)c5ccccc5n6-c5ccc(-c6cccc7c6oc6ccccc67)cc5)ccc43)cc2)cc1. The van der Waals surface area contributed by atoms with E-state index in [0.29, 0.717) is 0 Å². The van der Waals surface area contributed by atoms with E-state index >= 15 is 0 Å². The maximum atomic E-state index is 6.40. The van der Waals surface area contributed by atoms with Crippen LogP contribution in [-0.4, -0.2) is 9.13 Å². The highest BCUT2D eigenvalue weighted by Gasteiger charge is 2.18. The molecule has 0 saturated carbocycles. The van der Waals surface area contributed by atoms with Crippen LogP contribution in [0.25, 0.3) is 99.2 Å². The Balaban J connectivity index is 0.879. The Labute approximate surface area is 369 Å². The van der Waals surface area contributed by atoms with Crippen LogP contribution in [0.1, 0.15) is 0 Å². The minimum absolute atomic E-state index is 0.912. The summed E-state index contributed by atoms with van der Waals surface area (Å²) >= 11 is 0. The van der Waals surface area contributed by atoms with Gasteiger partial charge in [0, 0.05) is 66.3 Å². The van der Waals surface area contributed by atoms with Crippen molar-refractivity contribution in [3.8, 4) is 33.6 Å². The molecule has 0 aliphatic carbocycles. The summed E-state index contributed by atoms with van der Waals surface area (Å²) < 4.78 is 11.2. The molecule has 0 atom stereocenters. The van der Waals surface area contributed by atoms with Gasteiger partial charge in [-0.3, -0.25) is 0 Å². The quantitative estimate of drug-likeness (QED) is 0.160. The molecular formula is C60H39N3O. The van der Waals surface area contributed by atoms with E-state index < -0.39 is 0 Å². The van der Waals surface area contributed by atoms with Gasteiger partial charge in [-0.05, 0) is 120 Å². The van der Waals surface area contributed by atoms with Gasteiger partial charge >= 0.3 is 0 Å². The molecule has 10 aromatic carbocycles. The topological polar surface area (TPSA) is 26.2 Å². The first-order valence-corrected chi connectivity index (χ1v) is 21.8. The molecule has 4 nitrogen and oxygen atoms in total. The van der Waals surface area contributed by atoms with Crippen LogP contribution in [0.15, 0.2) is 241 Å². The number of aromatic nitrogens is 2. The lowest BCUT2D eigenvalue weighted by Gasteiger charge is -2.25. The highest BCUT2D eigenvalue weighted by atomic mass is 16.3. The molecule has 0 aliphatic rings. The molecule has 0 saturated heterocycles. The minimum Gasteiger partial charge on any atom is -0.455 e. The predicted molar refractivity (Wildman–Crippen MR) is 268 cm³/mol. The van der Waals surface area contributed by atoms with Crippen LogP contribution in [0.3, 0.4) is 0 Å². The smallest absolute Gasteiger partial charge is 0.143 e. The fraction of sp³-hybridized carbons (Fsp3) is 0. The second-order valence-corrected chi connectivity index (χ2v) is 16.5. The van der Waals surface area contributed by atoms with Crippen molar-refractivity contribution in [1.82, 2.24) is 9.13 Å². The van der Waals surface area contributed by atoms with Crippen molar-refractivity contribution in [2.24, 2.45) is 0 Å². The van der Waals surface area contributed by atoms with E-state index in [1.807, 2.05) is 12.1 Å². The molecule has 0 bridgehead atoms.